The van der Waals surface area contributed by atoms with Crippen LogP contribution >= 0.6 is 0 Å². The van der Waals surface area contributed by atoms with Crippen LogP contribution in [0.25, 0.3) is 0 Å². The average molecular weight is 278 g/mol. The number of ether oxygens (including phenoxy) is 1. The standard InChI is InChI=1S/C6H14O8S2/c1-5(13-15(7)8)3-12-4-6(2)14-16(9,10)11/h5-6,15H,3-4H2,1-2H3,(H,9,10,11). The summed E-state index contributed by atoms with van der Waals surface area (Å²) in [5, 5.41) is 0. The third kappa shape index (κ3) is 10.3. The number of thiol groups is 1. The minimum absolute atomic E-state index is 0.0392. The molecule has 0 saturated carbocycles. The zero-order chi connectivity index (χ0) is 12.8. The molecule has 0 rings (SSSR count). The summed E-state index contributed by atoms with van der Waals surface area (Å²) in [5.41, 5.74) is 0. The molecule has 0 fully saturated rings. The molecule has 0 aromatic heterocycles. The van der Waals surface area contributed by atoms with Gasteiger partial charge in [-0.15, -0.1) is 0 Å². The molecular formula is C6H14O8S2. The van der Waals surface area contributed by atoms with E-state index in [1.165, 1.54) is 13.8 Å². The SMILES string of the molecule is CC(COCC(C)OS(=O)(=O)O)O[SH](=O)=O. The molecule has 0 heterocycles. The summed E-state index contributed by atoms with van der Waals surface area (Å²) in [7, 11) is -7.44. The molecule has 0 radical (unpaired) electrons. The van der Waals surface area contributed by atoms with Gasteiger partial charge in [-0.05, 0) is 13.8 Å². The second-order valence-corrected chi connectivity index (χ2v) is 4.72. The monoisotopic (exact) mass is 278 g/mol. The van der Waals surface area contributed by atoms with Gasteiger partial charge in [-0.25, -0.2) is 12.6 Å². The first-order valence-electron chi connectivity index (χ1n) is 4.25. The van der Waals surface area contributed by atoms with Crippen LogP contribution in [0.15, 0.2) is 0 Å². The second kappa shape index (κ2) is 7.14. The molecule has 0 saturated heterocycles. The lowest BCUT2D eigenvalue weighted by Gasteiger charge is -2.12. The van der Waals surface area contributed by atoms with Gasteiger partial charge in [0.25, 0.3) is 11.0 Å². The third-order valence-electron chi connectivity index (χ3n) is 1.26. The van der Waals surface area contributed by atoms with Crippen LogP contribution in [0.1, 0.15) is 13.8 Å². The van der Waals surface area contributed by atoms with E-state index in [0.717, 1.165) is 0 Å². The number of rotatable bonds is 8. The highest BCUT2D eigenvalue weighted by Gasteiger charge is 2.13. The van der Waals surface area contributed by atoms with Gasteiger partial charge in [0.15, 0.2) is 0 Å². The molecule has 2 unspecified atom stereocenters. The third-order valence-corrected chi connectivity index (χ3v) is 2.36. The van der Waals surface area contributed by atoms with Crippen LogP contribution in [0.5, 0.6) is 0 Å². The molecule has 0 aliphatic rings. The highest BCUT2D eigenvalue weighted by molar-refractivity contribution is 7.80. The summed E-state index contributed by atoms with van der Waals surface area (Å²) < 4.78 is 62.5. The highest BCUT2D eigenvalue weighted by Crippen LogP contribution is 1.99. The van der Waals surface area contributed by atoms with Gasteiger partial charge >= 0.3 is 10.4 Å². The Hall–Kier alpha value is -0.260. The van der Waals surface area contributed by atoms with Crippen LogP contribution in [-0.2, 0) is 34.5 Å². The number of hydrogen-bond acceptors (Lipinski definition) is 7. The lowest BCUT2D eigenvalue weighted by Crippen LogP contribution is -2.23. The Morgan fingerprint density at radius 3 is 2.12 bits per heavy atom. The van der Waals surface area contributed by atoms with E-state index in [9.17, 15) is 16.8 Å². The van der Waals surface area contributed by atoms with Crippen molar-refractivity contribution in [2.45, 2.75) is 26.1 Å². The van der Waals surface area contributed by atoms with Crippen LogP contribution in [0.2, 0.25) is 0 Å². The smallest absolute Gasteiger partial charge is 0.376 e. The average Bonchev–Trinajstić information content (AvgIpc) is 1.98. The van der Waals surface area contributed by atoms with E-state index in [1.54, 1.807) is 0 Å². The van der Waals surface area contributed by atoms with E-state index in [2.05, 4.69) is 8.37 Å². The second-order valence-electron chi connectivity index (χ2n) is 3.01. The summed E-state index contributed by atoms with van der Waals surface area (Å²) in [6, 6.07) is 0. The van der Waals surface area contributed by atoms with E-state index in [-0.39, 0.29) is 13.2 Å². The van der Waals surface area contributed by atoms with E-state index in [4.69, 9.17) is 9.29 Å². The Balaban J connectivity index is 3.73. The Bertz CT molecular complexity index is 351. The van der Waals surface area contributed by atoms with Crippen molar-refractivity contribution in [2.75, 3.05) is 13.2 Å². The van der Waals surface area contributed by atoms with Crippen LogP contribution in [0, 0.1) is 0 Å². The van der Waals surface area contributed by atoms with Crippen LogP contribution < -0.4 is 0 Å². The molecule has 10 heteroatoms. The fourth-order valence-electron chi connectivity index (χ4n) is 0.813. The predicted octanol–water partition coefficient (Wildman–Crippen LogP) is -0.858. The van der Waals surface area contributed by atoms with E-state index < -0.39 is 33.6 Å². The summed E-state index contributed by atoms with van der Waals surface area (Å²) in [5.74, 6) is 0. The maximum Gasteiger partial charge on any atom is 0.397 e. The molecule has 0 aromatic rings. The molecular weight excluding hydrogens is 264 g/mol. The first kappa shape index (κ1) is 15.7. The Kier molecular flexibility index (Phi) is 7.03. The molecule has 1 N–H and O–H groups in total. The normalized spacial score (nSPS) is 16.2. The summed E-state index contributed by atoms with van der Waals surface area (Å²) in [4.78, 5) is 0. The molecule has 0 aliphatic heterocycles. The summed E-state index contributed by atoms with van der Waals surface area (Å²) >= 11 is 0. The van der Waals surface area contributed by atoms with Gasteiger partial charge in [0, 0.05) is 0 Å². The Morgan fingerprint density at radius 1 is 1.19 bits per heavy atom. The molecule has 0 spiro atoms. The minimum atomic E-state index is -4.50. The molecule has 0 amide bonds. The van der Waals surface area contributed by atoms with Gasteiger partial charge in [-0.2, -0.15) is 8.42 Å². The fraction of sp³-hybridized carbons (Fsp3) is 1.00. The maximum absolute atomic E-state index is 10.3. The van der Waals surface area contributed by atoms with Gasteiger partial charge in [-0.3, -0.25) is 8.74 Å². The van der Waals surface area contributed by atoms with Gasteiger partial charge < -0.3 is 4.74 Å². The fourth-order valence-corrected chi connectivity index (χ4v) is 1.64. The van der Waals surface area contributed by atoms with Crippen LogP contribution in [0.4, 0.5) is 0 Å². The lowest BCUT2D eigenvalue weighted by molar-refractivity contribution is 0.0206. The van der Waals surface area contributed by atoms with Crippen molar-refractivity contribution in [3.05, 3.63) is 0 Å². The van der Waals surface area contributed by atoms with Crippen LogP contribution in [-0.4, -0.2) is 46.8 Å². The van der Waals surface area contributed by atoms with Crippen molar-refractivity contribution in [3.63, 3.8) is 0 Å². The van der Waals surface area contributed by atoms with Crippen molar-refractivity contribution in [2.24, 2.45) is 0 Å². The molecule has 2 atom stereocenters. The predicted molar refractivity (Wildman–Crippen MR) is 53.8 cm³/mol. The van der Waals surface area contributed by atoms with Gasteiger partial charge in [0.05, 0.1) is 25.4 Å². The van der Waals surface area contributed by atoms with Crippen LogP contribution in [0.3, 0.4) is 0 Å². The maximum atomic E-state index is 10.3. The van der Waals surface area contributed by atoms with Gasteiger partial charge in [0.2, 0.25) is 0 Å². The highest BCUT2D eigenvalue weighted by atomic mass is 32.3. The van der Waals surface area contributed by atoms with Crippen molar-refractivity contribution in [1.29, 1.82) is 0 Å². The van der Waals surface area contributed by atoms with Crippen molar-refractivity contribution in [1.82, 2.24) is 0 Å². The quantitative estimate of drug-likeness (QED) is 0.435. The lowest BCUT2D eigenvalue weighted by atomic mass is 10.4. The number of hydrogen-bond donors (Lipinski definition) is 2. The van der Waals surface area contributed by atoms with E-state index >= 15 is 0 Å². The first-order chi connectivity index (χ1) is 7.20. The van der Waals surface area contributed by atoms with Crippen molar-refractivity contribution >= 4 is 21.4 Å². The molecule has 98 valence electrons. The van der Waals surface area contributed by atoms with E-state index in [1.807, 2.05) is 0 Å². The zero-order valence-electron chi connectivity index (χ0n) is 8.73. The summed E-state index contributed by atoms with van der Waals surface area (Å²) in [6.07, 6.45) is -1.54. The molecule has 0 bridgehead atoms. The summed E-state index contributed by atoms with van der Waals surface area (Å²) in [6.45, 7) is 2.68. The molecule has 8 nitrogen and oxygen atoms in total. The van der Waals surface area contributed by atoms with Crippen molar-refractivity contribution in [3.8, 4) is 0 Å². The minimum Gasteiger partial charge on any atom is -0.376 e. The Labute approximate surface area is 95.6 Å². The van der Waals surface area contributed by atoms with Gasteiger partial charge in [-0.1, -0.05) is 0 Å². The topological polar surface area (TPSA) is 116 Å². The largest absolute Gasteiger partial charge is 0.397 e. The molecule has 0 aromatic carbocycles. The first-order valence-corrected chi connectivity index (χ1v) is 6.71. The van der Waals surface area contributed by atoms with Crippen molar-refractivity contribution < 1.29 is 34.5 Å². The van der Waals surface area contributed by atoms with Gasteiger partial charge in [0.1, 0.15) is 0 Å². The molecule has 0 aliphatic carbocycles. The Morgan fingerprint density at radius 2 is 1.69 bits per heavy atom. The van der Waals surface area contributed by atoms with E-state index in [0.29, 0.717) is 0 Å². The zero-order valence-corrected chi connectivity index (χ0v) is 10.4. The molecule has 16 heavy (non-hydrogen) atoms.